The summed E-state index contributed by atoms with van der Waals surface area (Å²) >= 11 is 5.86. The third-order valence-electron chi connectivity index (χ3n) is 4.26. The summed E-state index contributed by atoms with van der Waals surface area (Å²) in [5, 5.41) is 3.56. The highest BCUT2D eigenvalue weighted by Gasteiger charge is 2.15. The van der Waals surface area contributed by atoms with Crippen molar-refractivity contribution in [1.29, 1.82) is 0 Å². The van der Waals surface area contributed by atoms with E-state index in [4.69, 9.17) is 16.6 Å². The van der Waals surface area contributed by atoms with E-state index in [2.05, 4.69) is 21.0 Å². The van der Waals surface area contributed by atoms with Crippen molar-refractivity contribution in [2.45, 2.75) is 13.0 Å². The summed E-state index contributed by atoms with van der Waals surface area (Å²) in [7, 11) is 0. The van der Waals surface area contributed by atoms with E-state index < -0.39 is 0 Å². The van der Waals surface area contributed by atoms with Gasteiger partial charge in [-0.15, -0.1) is 0 Å². The highest BCUT2D eigenvalue weighted by Crippen LogP contribution is 2.24. The highest BCUT2D eigenvalue weighted by molar-refractivity contribution is 6.30. The molecule has 1 aliphatic heterocycles. The van der Waals surface area contributed by atoms with Crippen molar-refractivity contribution in [3.8, 4) is 0 Å². The molecule has 4 rings (SSSR count). The van der Waals surface area contributed by atoms with Gasteiger partial charge in [-0.05, 0) is 42.5 Å². The van der Waals surface area contributed by atoms with Gasteiger partial charge in [0.05, 0.1) is 11.0 Å². The van der Waals surface area contributed by atoms with Crippen LogP contribution in [0, 0.1) is 0 Å². The molecule has 0 saturated heterocycles. The predicted molar refractivity (Wildman–Crippen MR) is 105 cm³/mol. The highest BCUT2D eigenvalue weighted by atomic mass is 35.5. The van der Waals surface area contributed by atoms with Crippen molar-refractivity contribution in [2.24, 2.45) is 4.99 Å². The number of benzene rings is 2. The second-order valence-electron chi connectivity index (χ2n) is 5.98. The number of nitrogens with one attached hydrogen (secondary N) is 1. The Morgan fingerprint density at radius 2 is 1.96 bits per heavy atom. The Kier molecular flexibility index (Phi) is 4.54. The predicted octanol–water partition coefficient (Wildman–Crippen LogP) is 3.94. The van der Waals surface area contributed by atoms with Crippen LogP contribution in [0.15, 0.2) is 59.6 Å². The number of aromatic nitrogens is 2. The summed E-state index contributed by atoms with van der Waals surface area (Å²) in [4.78, 5) is 21.4. The normalized spacial score (nSPS) is 13.2. The molecule has 0 spiro atoms. The van der Waals surface area contributed by atoms with Crippen LogP contribution in [-0.2, 0) is 6.54 Å². The number of allylic oxidation sites excluding steroid dienone is 1. The van der Waals surface area contributed by atoms with Gasteiger partial charge in [0, 0.05) is 36.3 Å². The summed E-state index contributed by atoms with van der Waals surface area (Å²) in [5.74, 6) is 0.714. The summed E-state index contributed by atoms with van der Waals surface area (Å²) in [6.07, 6.45) is 4.76. The number of imidazole rings is 1. The minimum Gasteiger partial charge on any atom is -0.350 e. The summed E-state index contributed by atoms with van der Waals surface area (Å²) in [6.45, 7) is 1.11. The van der Waals surface area contributed by atoms with Gasteiger partial charge in [0.25, 0.3) is 5.91 Å². The maximum atomic E-state index is 12.3. The van der Waals surface area contributed by atoms with Gasteiger partial charge in [-0.2, -0.15) is 0 Å². The average Bonchev–Trinajstić information content (AvgIpc) is 3.30. The SMILES string of the molecule is O=C(NCCn1c(C2=CCC=N2)nc2ccccc21)c1ccc(Cl)cc1. The molecule has 26 heavy (non-hydrogen) atoms. The van der Waals surface area contributed by atoms with Gasteiger partial charge in [0.15, 0.2) is 5.82 Å². The Balaban J connectivity index is 1.53. The molecule has 3 aromatic rings. The van der Waals surface area contributed by atoms with E-state index in [0.29, 0.717) is 23.7 Å². The number of hydrogen-bond acceptors (Lipinski definition) is 3. The van der Waals surface area contributed by atoms with E-state index in [1.807, 2.05) is 30.5 Å². The fraction of sp³-hybridized carbons (Fsp3) is 0.150. The molecule has 2 heterocycles. The molecule has 0 bridgehead atoms. The minimum absolute atomic E-state index is 0.120. The number of amides is 1. The first-order chi connectivity index (χ1) is 12.7. The number of rotatable bonds is 5. The third kappa shape index (κ3) is 3.26. The van der Waals surface area contributed by atoms with Crippen LogP contribution in [-0.4, -0.2) is 28.2 Å². The van der Waals surface area contributed by atoms with Crippen LogP contribution in [0.4, 0.5) is 0 Å². The Morgan fingerprint density at radius 3 is 2.73 bits per heavy atom. The van der Waals surface area contributed by atoms with E-state index in [0.717, 1.165) is 29.0 Å². The molecule has 1 aromatic heterocycles. The van der Waals surface area contributed by atoms with E-state index in [1.54, 1.807) is 24.3 Å². The van der Waals surface area contributed by atoms with Crippen LogP contribution in [0.25, 0.3) is 16.7 Å². The van der Waals surface area contributed by atoms with E-state index in [9.17, 15) is 4.79 Å². The number of aliphatic imine (C=N–C) groups is 1. The van der Waals surface area contributed by atoms with Gasteiger partial charge >= 0.3 is 0 Å². The van der Waals surface area contributed by atoms with E-state index in [1.165, 1.54) is 0 Å². The minimum atomic E-state index is -0.120. The molecule has 0 radical (unpaired) electrons. The number of nitrogens with zero attached hydrogens (tertiary/aromatic N) is 3. The van der Waals surface area contributed by atoms with Gasteiger partial charge in [0.1, 0.15) is 5.70 Å². The van der Waals surface area contributed by atoms with Gasteiger partial charge in [0.2, 0.25) is 0 Å². The van der Waals surface area contributed by atoms with E-state index >= 15 is 0 Å². The summed E-state index contributed by atoms with van der Waals surface area (Å²) in [6, 6.07) is 14.8. The first kappa shape index (κ1) is 16.5. The molecule has 5 nitrogen and oxygen atoms in total. The fourth-order valence-corrected chi connectivity index (χ4v) is 3.13. The number of hydrogen-bond donors (Lipinski definition) is 1. The molecule has 0 saturated carbocycles. The number of halogens is 1. The zero-order valence-electron chi connectivity index (χ0n) is 14.0. The molecule has 2 aromatic carbocycles. The van der Waals surface area contributed by atoms with Crippen LogP contribution < -0.4 is 5.32 Å². The molecular weight excluding hydrogens is 348 g/mol. The van der Waals surface area contributed by atoms with Crippen LogP contribution in [0.5, 0.6) is 0 Å². The Labute approximate surface area is 156 Å². The Bertz CT molecular complexity index is 1020. The van der Waals surface area contributed by atoms with Gasteiger partial charge in [-0.3, -0.25) is 9.79 Å². The second kappa shape index (κ2) is 7.14. The average molecular weight is 365 g/mol. The molecule has 1 N–H and O–H groups in total. The molecule has 1 amide bonds. The fourth-order valence-electron chi connectivity index (χ4n) is 3.00. The molecule has 0 aliphatic carbocycles. The first-order valence-corrected chi connectivity index (χ1v) is 8.82. The number of carbonyl (C=O) groups is 1. The Hall–Kier alpha value is -2.92. The van der Waals surface area contributed by atoms with Crippen molar-refractivity contribution in [2.75, 3.05) is 6.54 Å². The van der Waals surface area contributed by atoms with Crippen LogP contribution in [0.1, 0.15) is 22.6 Å². The molecule has 0 atom stereocenters. The number of carbonyl (C=O) groups excluding carboxylic acids is 1. The zero-order valence-corrected chi connectivity index (χ0v) is 14.8. The largest absolute Gasteiger partial charge is 0.350 e. The van der Waals surface area contributed by atoms with Crippen LogP contribution >= 0.6 is 11.6 Å². The maximum absolute atomic E-state index is 12.3. The lowest BCUT2D eigenvalue weighted by Crippen LogP contribution is -2.27. The van der Waals surface area contributed by atoms with Crippen LogP contribution in [0.3, 0.4) is 0 Å². The lowest BCUT2D eigenvalue weighted by Gasteiger charge is -2.10. The van der Waals surface area contributed by atoms with Crippen molar-refractivity contribution in [3.05, 3.63) is 71.0 Å². The monoisotopic (exact) mass is 364 g/mol. The zero-order chi connectivity index (χ0) is 17.9. The maximum Gasteiger partial charge on any atom is 0.251 e. The topological polar surface area (TPSA) is 59.3 Å². The summed E-state index contributed by atoms with van der Waals surface area (Å²) in [5.41, 5.74) is 3.43. The van der Waals surface area contributed by atoms with Gasteiger partial charge in [-0.1, -0.05) is 23.7 Å². The Morgan fingerprint density at radius 1 is 1.15 bits per heavy atom. The van der Waals surface area contributed by atoms with Gasteiger partial charge in [-0.25, -0.2) is 4.98 Å². The molecular formula is C20H17ClN4O. The quantitative estimate of drug-likeness (QED) is 0.745. The molecule has 1 aliphatic rings. The lowest BCUT2D eigenvalue weighted by atomic mass is 10.2. The van der Waals surface area contributed by atoms with Crippen LogP contribution in [0.2, 0.25) is 5.02 Å². The van der Waals surface area contributed by atoms with Crippen molar-refractivity contribution in [1.82, 2.24) is 14.9 Å². The first-order valence-electron chi connectivity index (χ1n) is 8.44. The van der Waals surface area contributed by atoms with Crippen molar-refractivity contribution < 1.29 is 4.79 Å². The van der Waals surface area contributed by atoms with Crippen molar-refractivity contribution >= 4 is 40.5 Å². The standard InChI is InChI=1S/C20H17ClN4O/c21-15-9-7-14(8-10-15)20(26)23-12-13-25-18-6-2-1-4-16(18)24-19(25)17-5-3-11-22-17/h1-2,4-11H,3,12-13H2,(H,23,26). The molecule has 130 valence electrons. The smallest absolute Gasteiger partial charge is 0.251 e. The van der Waals surface area contributed by atoms with Crippen molar-refractivity contribution in [3.63, 3.8) is 0 Å². The van der Waals surface area contributed by atoms with Gasteiger partial charge < -0.3 is 9.88 Å². The molecule has 0 unspecified atom stereocenters. The van der Waals surface area contributed by atoms with E-state index in [-0.39, 0.29) is 5.91 Å². The lowest BCUT2D eigenvalue weighted by molar-refractivity contribution is 0.0952. The number of para-hydroxylation sites is 2. The third-order valence-corrected chi connectivity index (χ3v) is 4.51. The summed E-state index contributed by atoms with van der Waals surface area (Å²) < 4.78 is 2.10. The number of fused-ring (bicyclic) bond motifs is 1. The second-order valence-corrected chi connectivity index (χ2v) is 6.41. The molecule has 0 fully saturated rings. The molecule has 6 heteroatoms.